The Balaban J connectivity index is 1.36. The largest absolute Gasteiger partial charge is 0.276 e. The van der Waals surface area contributed by atoms with E-state index in [1.807, 2.05) is 11.3 Å². The molecule has 0 fully saturated rings. The van der Waals surface area contributed by atoms with Crippen molar-refractivity contribution in [2.45, 2.75) is 0 Å². The average molecular weight is 684 g/mol. The second kappa shape index (κ2) is 10.2. The third kappa shape index (κ3) is 3.71. The monoisotopic (exact) mass is 683 g/mol. The third-order valence-corrected chi connectivity index (χ3v) is 12.9. The number of thiophene rings is 2. The van der Waals surface area contributed by atoms with Crippen LogP contribution in [0, 0.1) is 0 Å². The number of fused-ring (bicyclic) bond motifs is 16. The fraction of sp³-hybridized carbons (Fsp3) is 0. The minimum Gasteiger partial charge on any atom is -0.276 e. The Labute approximate surface area is 299 Å². The molecule has 0 saturated heterocycles. The molecule has 3 nitrogen and oxygen atoms in total. The first-order chi connectivity index (χ1) is 25.3. The first kappa shape index (κ1) is 27.7. The van der Waals surface area contributed by atoms with Gasteiger partial charge >= 0.3 is 0 Å². The fourth-order valence-corrected chi connectivity index (χ4v) is 10.8. The van der Waals surface area contributed by atoms with Crippen molar-refractivity contribution in [3.05, 3.63) is 152 Å². The van der Waals surface area contributed by atoms with E-state index in [0.29, 0.717) is 5.95 Å². The second-order valence-corrected chi connectivity index (χ2v) is 15.4. The van der Waals surface area contributed by atoms with Crippen LogP contribution in [0.25, 0.3) is 112 Å². The quantitative estimate of drug-likeness (QED) is 0.182. The Kier molecular flexibility index (Phi) is 5.53. The number of benzene rings is 8. The van der Waals surface area contributed by atoms with Gasteiger partial charge in [0.25, 0.3) is 0 Å². The van der Waals surface area contributed by atoms with Gasteiger partial charge in [0, 0.05) is 47.3 Å². The van der Waals surface area contributed by atoms with Gasteiger partial charge in [0.15, 0.2) is 0 Å². The lowest BCUT2D eigenvalue weighted by molar-refractivity contribution is 1.02. The summed E-state index contributed by atoms with van der Waals surface area (Å²) in [5.74, 6) is 0.694. The molecule has 4 heterocycles. The predicted octanol–water partition coefficient (Wildman–Crippen LogP) is 13.4. The van der Waals surface area contributed by atoms with Crippen LogP contribution in [0.2, 0.25) is 0 Å². The lowest BCUT2D eigenvalue weighted by Gasteiger charge is -2.13. The standard InChI is InChI=1S/C46H25N3S2/c1-3-15-28-26(12-1)14-11-21-32(28)40-45-41(34-20-8-10-23-37(34)51-45)48-46(47-40)49-42-29-16-4-2-13-27(29)24-25-35(42)38-30-17-5-6-18-31(30)39-33-19-7-9-22-36(33)50-44(39)43(38)49/h1-25H. The Morgan fingerprint density at radius 3 is 1.78 bits per heavy atom. The van der Waals surface area contributed by atoms with Gasteiger partial charge in [0.05, 0.1) is 31.6 Å². The van der Waals surface area contributed by atoms with Gasteiger partial charge in [0.2, 0.25) is 5.95 Å². The van der Waals surface area contributed by atoms with Crippen molar-refractivity contribution in [2.24, 2.45) is 0 Å². The molecule has 0 saturated carbocycles. The molecule has 0 aliphatic rings. The number of hydrogen-bond donors (Lipinski definition) is 0. The highest BCUT2D eigenvalue weighted by Gasteiger charge is 2.26. The molecule has 0 unspecified atom stereocenters. The molecule has 0 aliphatic carbocycles. The molecule has 0 atom stereocenters. The number of rotatable bonds is 2. The summed E-state index contributed by atoms with van der Waals surface area (Å²) in [6.07, 6.45) is 0. The molecular formula is C46H25N3S2. The highest BCUT2D eigenvalue weighted by Crippen LogP contribution is 2.49. The second-order valence-electron chi connectivity index (χ2n) is 13.3. The van der Waals surface area contributed by atoms with E-state index in [1.165, 1.54) is 73.5 Å². The predicted molar refractivity (Wildman–Crippen MR) is 220 cm³/mol. The first-order valence-corrected chi connectivity index (χ1v) is 18.8. The smallest absolute Gasteiger partial charge is 0.235 e. The van der Waals surface area contributed by atoms with Crippen LogP contribution in [0.3, 0.4) is 0 Å². The Bertz CT molecular complexity index is 3430. The van der Waals surface area contributed by atoms with Crippen LogP contribution in [-0.2, 0) is 0 Å². The van der Waals surface area contributed by atoms with E-state index < -0.39 is 0 Å². The molecule has 0 N–H and O–H groups in total. The zero-order chi connectivity index (χ0) is 33.2. The Hall–Kier alpha value is -6.14. The lowest BCUT2D eigenvalue weighted by Crippen LogP contribution is -2.03. The van der Waals surface area contributed by atoms with Crippen molar-refractivity contribution in [3.8, 4) is 17.2 Å². The summed E-state index contributed by atoms with van der Waals surface area (Å²) < 4.78 is 7.27. The summed E-state index contributed by atoms with van der Waals surface area (Å²) in [4.78, 5) is 11.3. The summed E-state index contributed by atoms with van der Waals surface area (Å²) in [6, 6.07) is 54.9. The number of nitrogens with zero attached hydrogens (tertiary/aromatic N) is 3. The Morgan fingerprint density at radius 2 is 0.980 bits per heavy atom. The van der Waals surface area contributed by atoms with Gasteiger partial charge in [0.1, 0.15) is 0 Å². The van der Waals surface area contributed by atoms with Crippen LogP contribution in [0.1, 0.15) is 0 Å². The van der Waals surface area contributed by atoms with Crippen molar-refractivity contribution >= 4 is 117 Å². The third-order valence-electron chi connectivity index (χ3n) is 10.6. The maximum absolute atomic E-state index is 5.67. The highest BCUT2D eigenvalue weighted by molar-refractivity contribution is 7.27. The van der Waals surface area contributed by atoms with E-state index in [0.717, 1.165) is 32.4 Å². The highest BCUT2D eigenvalue weighted by atomic mass is 32.1. The molecule has 12 aromatic rings. The van der Waals surface area contributed by atoms with E-state index in [-0.39, 0.29) is 0 Å². The van der Waals surface area contributed by atoms with Gasteiger partial charge in [-0.15, -0.1) is 22.7 Å². The van der Waals surface area contributed by atoms with Gasteiger partial charge in [-0.05, 0) is 39.1 Å². The van der Waals surface area contributed by atoms with Crippen LogP contribution in [0.5, 0.6) is 0 Å². The summed E-state index contributed by atoms with van der Waals surface area (Å²) >= 11 is 3.65. The molecule has 4 aromatic heterocycles. The van der Waals surface area contributed by atoms with E-state index in [1.54, 1.807) is 11.3 Å². The number of aromatic nitrogens is 3. The molecule has 51 heavy (non-hydrogen) atoms. The van der Waals surface area contributed by atoms with Crippen LogP contribution in [0.4, 0.5) is 0 Å². The van der Waals surface area contributed by atoms with Crippen molar-refractivity contribution in [2.75, 3.05) is 0 Å². The number of hydrogen-bond acceptors (Lipinski definition) is 4. The average Bonchev–Trinajstić information content (AvgIpc) is 3.88. The van der Waals surface area contributed by atoms with Gasteiger partial charge < -0.3 is 0 Å². The van der Waals surface area contributed by atoms with Crippen LogP contribution in [-0.4, -0.2) is 14.5 Å². The molecular weight excluding hydrogens is 659 g/mol. The van der Waals surface area contributed by atoms with Crippen molar-refractivity contribution < 1.29 is 0 Å². The van der Waals surface area contributed by atoms with Crippen molar-refractivity contribution in [3.63, 3.8) is 0 Å². The maximum atomic E-state index is 5.67. The lowest BCUT2D eigenvalue weighted by atomic mass is 9.98. The molecule has 8 aromatic carbocycles. The van der Waals surface area contributed by atoms with E-state index >= 15 is 0 Å². The molecule has 5 heteroatoms. The normalized spacial score (nSPS) is 12.3. The Morgan fingerprint density at radius 1 is 0.392 bits per heavy atom. The van der Waals surface area contributed by atoms with Crippen LogP contribution in [0.15, 0.2) is 152 Å². The molecule has 12 rings (SSSR count). The molecule has 0 amide bonds. The van der Waals surface area contributed by atoms with Gasteiger partial charge in [-0.3, -0.25) is 4.57 Å². The minimum atomic E-state index is 0.694. The van der Waals surface area contributed by atoms with E-state index in [4.69, 9.17) is 9.97 Å². The first-order valence-electron chi connectivity index (χ1n) is 17.2. The van der Waals surface area contributed by atoms with Crippen molar-refractivity contribution in [1.82, 2.24) is 14.5 Å². The summed E-state index contributed by atoms with van der Waals surface area (Å²) in [5.41, 5.74) is 5.39. The molecule has 0 radical (unpaired) electrons. The summed E-state index contributed by atoms with van der Waals surface area (Å²) in [7, 11) is 0. The molecule has 0 spiro atoms. The molecule has 0 aliphatic heterocycles. The summed E-state index contributed by atoms with van der Waals surface area (Å²) in [5, 5.41) is 13.5. The van der Waals surface area contributed by atoms with Crippen LogP contribution >= 0.6 is 22.7 Å². The van der Waals surface area contributed by atoms with Gasteiger partial charge in [-0.25, -0.2) is 9.97 Å². The zero-order valence-corrected chi connectivity index (χ0v) is 28.7. The molecule has 0 bridgehead atoms. The van der Waals surface area contributed by atoms with Crippen molar-refractivity contribution in [1.29, 1.82) is 0 Å². The van der Waals surface area contributed by atoms with E-state index in [2.05, 4.69) is 156 Å². The summed E-state index contributed by atoms with van der Waals surface area (Å²) in [6.45, 7) is 0. The SMILES string of the molecule is c1ccc2c(-c3nc(-n4c5c6ccccc6ccc5c5c6ccccc6c6c7ccccc7sc6c54)nc4c3sc3ccccc34)cccc2c1. The fourth-order valence-electron chi connectivity index (χ4n) is 8.43. The van der Waals surface area contributed by atoms with Gasteiger partial charge in [-0.2, -0.15) is 0 Å². The maximum Gasteiger partial charge on any atom is 0.235 e. The van der Waals surface area contributed by atoms with Gasteiger partial charge in [-0.1, -0.05) is 140 Å². The molecule has 236 valence electrons. The van der Waals surface area contributed by atoms with Crippen LogP contribution < -0.4 is 0 Å². The zero-order valence-electron chi connectivity index (χ0n) is 27.1. The topological polar surface area (TPSA) is 30.7 Å². The minimum absolute atomic E-state index is 0.694. The van der Waals surface area contributed by atoms with E-state index in [9.17, 15) is 0 Å².